The first-order chi connectivity index (χ1) is 10.8. The number of thioether (sulfide) groups is 1. The van der Waals surface area contributed by atoms with Crippen molar-refractivity contribution in [3.05, 3.63) is 0 Å². The maximum Gasteiger partial charge on any atom is 0.279 e. The average molecular weight is 365 g/mol. The van der Waals surface area contributed by atoms with Crippen LogP contribution < -0.4 is 5.32 Å². The van der Waals surface area contributed by atoms with Crippen LogP contribution in [0.3, 0.4) is 0 Å². The fraction of sp³-hybridized carbons (Fsp3) is 0.933. The lowest BCUT2D eigenvalue weighted by molar-refractivity contribution is 0.0388. The highest BCUT2D eigenvalue weighted by Gasteiger charge is 2.15. The zero-order chi connectivity index (χ0) is 15.5. The number of morpholine rings is 1. The molecule has 7 heteroatoms. The van der Waals surface area contributed by atoms with E-state index in [9.17, 15) is 4.79 Å². The number of carbonyl (C=O) groups excluding carboxylic acids is 1. The second-order valence-corrected chi connectivity index (χ2v) is 9.42. The summed E-state index contributed by atoms with van der Waals surface area (Å²) in [6, 6.07) is 0. The SMILES string of the molecule is O=C(NCCN1CCOCC1)SCCCCCC1CSSC1. The summed E-state index contributed by atoms with van der Waals surface area (Å²) in [5.74, 6) is 4.57. The summed E-state index contributed by atoms with van der Waals surface area (Å²) in [4.78, 5) is 14.1. The number of hydrogen-bond acceptors (Lipinski definition) is 6. The summed E-state index contributed by atoms with van der Waals surface area (Å²) >= 11 is 1.44. The molecular weight excluding hydrogens is 336 g/mol. The Kier molecular flexibility index (Phi) is 10.2. The number of carbonyl (C=O) groups is 1. The molecule has 1 N–H and O–H groups in total. The number of ether oxygens (including phenoxy) is 1. The van der Waals surface area contributed by atoms with Crippen LogP contribution in [0.4, 0.5) is 4.79 Å². The highest BCUT2D eigenvalue weighted by atomic mass is 33.1. The van der Waals surface area contributed by atoms with Crippen LogP contribution >= 0.6 is 33.3 Å². The number of amides is 1. The second-order valence-electron chi connectivity index (χ2n) is 5.80. The molecule has 0 aliphatic carbocycles. The molecule has 0 unspecified atom stereocenters. The van der Waals surface area contributed by atoms with Gasteiger partial charge < -0.3 is 10.1 Å². The van der Waals surface area contributed by atoms with Crippen LogP contribution in [0.5, 0.6) is 0 Å². The summed E-state index contributed by atoms with van der Waals surface area (Å²) < 4.78 is 5.31. The third-order valence-corrected chi connectivity index (χ3v) is 7.58. The number of nitrogens with one attached hydrogen (secondary N) is 1. The summed E-state index contributed by atoms with van der Waals surface area (Å²) in [5.41, 5.74) is 0. The zero-order valence-electron chi connectivity index (χ0n) is 13.3. The van der Waals surface area contributed by atoms with Gasteiger partial charge in [0.25, 0.3) is 5.24 Å². The number of rotatable bonds is 9. The third kappa shape index (κ3) is 8.34. The average Bonchev–Trinajstić information content (AvgIpc) is 3.05. The zero-order valence-corrected chi connectivity index (χ0v) is 15.7. The Balaban J connectivity index is 1.36. The summed E-state index contributed by atoms with van der Waals surface area (Å²) in [5, 5.41) is 3.14. The van der Waals surface area contributed by atoms with Crippen LogP contribution in [0.2, 0.25) is 0 Å². The number of unbranched alkanes of at least 4 members (excludes halogenated alkanes) is 2. The van der Waals surface area contributed by atoms with Crippen molar-refractivity contribution in [3.63, 3.8) is 0 Å². The van der Waals surface area contributed by atoms with Gasteiger partial charge in [-0.3, -0.25) is 9.69 Å². The predicted octanol–water partition coefficient (Wildman–Crippen LogP) is 3.33. The minimum Gasteiger partial charge on any atom is -0.379 e. The van der Waals surface area contributed by atoms with E-state index in [0.29, 0.717) is 0 Å². The van der Waals surface area contributed by atoms with Crippen molar-refractivity contribution < 1.29 is 9.53 Å². The molecule has 0 bridgehead atoms. The first kappa shape index (κ1) is 18.8. The van der Waals surface area contributed by atoms with E-state index < -0.39 is 0 Å². The molecule has 0 spiro atoms. The highest BCUT2D eigenvalue weighted by Crippen LogP contribution is 2.36. The molecule has 0 aromatic carbocycles. The second kappa shape index (κ2) is 11.9. The molecule has 0 atom stereocenters. The quantitative estimate of drug-likeness (QED) is 0.500. The molecule has 2 heterocycles. The lowest BCUT2D eigenvalue weighted by atomic mass is 10.1. The number of hydrogen-bond donors (Lipinski definition) is 1. The van der Waals surface area contributed by atoms with Crippen molar-refractivity contribution in [2.75, 3.05) is 56.7 Å². The van der Waals surface area contributed by atoms with Crippen LogP contribution in [0.15, 0.2) is 0 Å². The van der Waals surface area contributed by atoms with Gasteiger partial charge >= 0.3 is 0 Å². The van der Waals surface area contributed by atoms with E-state index in [-0.39, 0.29) is 5.24 Å². The summed E-state index contributed by atoms with van der Waals surface area (Å²) in [6.07, 6.45) is 5.12. The van der Waals surface area contributed by atoms with E-state index >= 15 is 0 Å². The van der Waals surface area contributed by atoms with Crippen LogP contribution in [-0.4, -0.2) is 66.8 Å². The lowest BCUT2D eigenvalue weighted by Crippen LogP contribution is -2.40. The Morgan fingerprint density at radius 2 is 1.95 bits per heavy atom. The van der Waals surface area contributed by atoms with E-state index in [2.05, 4.69) is 10.2 Å². The van der Waals surface area contributed by atoms with Gasteiger partial charge in [0.05, 0.1) is 13.2 Å². The molecule has 2 saturated heterocycles. The number of nitrogens with zero attached hydrogens (tertiary/aromatic N) is 1. The van der Waals surface area contributed by atoms with Crippen LogP contribution in [0, 0.1) is 5.92 Å². The van der Waals surface area contributed by atoms with Crippen molar-refractivity contribution in [1.82, 2.24) is 10.2 Å². The molecule has 0 radical (unpaired) electrons. The van der Waals surface area contributed by atoms with E-state index in [0.717, 1.165) is 57.5 Å². The first-order valence-electron chi connectivity index (χ1n) is 8.30. The molecule has 2 rings (SSSR count). The van der Waals surface area contributed by atoms with Gasteiger partial charge in [-0.1, -0.05) is 46.2 Å². The maximum absolute atomic E-state index is 11.7. The minimum absolute atomic E-state index is 0.136. The molecule has 4 nitrogen and oxygen atoms in total. The van der Waals surface area contributed by atoms with E-state index in [1.54, 1.807) is 0 Å². The Morgan fingerprint density at radius 1 is 1.18 bits per heavy atom. The van der Waals surface area contributed by atoms with E-state index in [1.807, 2.05) is 21.6 Å². The Morgan fingerprint density at radius 3 is 2.73 bits per heavy atom. The summed E-state index contributed by atoms with van der Waals surface area (Å²) in [6.45, 7) is 5.31. The van der Waals surface area contributed by atoms with Gasteiger partial charge in [0.1, 0.15) is 0 Å². The Bertz CT molecular complexity index is 309. The molecule has 0 saturated carbocycles. The van der Waals surface area contributed by atoms with Gasteiger partial charge in [0.15, 0.2) is 0 Å². The van der Waals surface area contributed by atoms with Gasteiger partial charge in [-0.15, -0.1) is 0 Å². The molecule has 2 aliphatic heterocycles. The Hall–Kier alpha value is 0.440. The lowest BCUT2D eigenvalue weighted by Gasteiger charge is -2.26. The van der Waals surface area contributed by atoms with Gasteiger partial charge in [-0.2, -0.15) is 0 Å². The standard InChI is InChI=1S/C15H28N2O2S3/c18-15(16-5-6-17-7-9-19-10-8-17)20-11-3-1-2-4-14-12-21-22-13-14/h14H,1-13H2,(H,16,18). The van der Waals surface area contributed by atoms with Gasteiger partial charge in [-0.05, 0) is 18.8 Å². The molecule has 0 aromatic heterocycles. The molecule has 22 heavy (non-hydrogen) atoms. The maximum atomic E-state index is 11.7. The predicted molar refractivity (Wildman–Crippen MR) is 100.0 cm³/mol. The Labute approximate surface area is 146 Å². The molecule has 128 valence electrons. The largest absolute Gasteiger partial charge is 0.379 e. The van der Waals surface area contributed by atoms with Crippen molar-refractivity contribution in [2.24, 2.45) is 5.92 Å². The smallest absolute Gasteiger partial charge is 0.279 e. The topological polar surface area (TPSA) is 41.6 Å². The molecule has 2 fully saturated rings. The summed E-state index contributed by atoms with van der Waals surface area (Å²) in [7, 11) is 4.04. The van der Waals surface area contributed by atoms with Crippen molar-refractivity contribution in [1.29, 1.82) is 0 Å². The molecular formula is C15H28N2O2S3. The normalized spacial score (nSPS) is 20.4. The highest BCUT2D eigenvalue weighted by molar-refractivity contribution is 8.77. The van der Waals surface area contributed by atoms with Crippen molar-refractivity contribution in [3.8, 4) is 0 Å². The van der Waals surface area contributed by atoms with Crippen LogP contribution in [-0.2, 0) is 4.74 Å². The van der Waals surface area contributed by atoms with Gasteiger partial charge in [0, 0.05) is 43.4 Å². The third-order valence-electron chi connectivity index (χ3n) is 3.98. The molecule has 1 amide bonds. The van der Waals surface area contributed by atoms with Gasteiger partial charge in [0.2, 0.25) is 0 Å². The van der Waals surface area contributed by atoms with E-state index in [1.165, 1.54) is 42.5 Å². The van der Waals surface area contributed by atoms with Crippen LogP contribution in [0.1, 0.15) is 25.7 Å². The fourth-order valence-electron chi connectivity index (χ4n) is 2.57. The first-order valence-corrected chi connectivity index (χ1v) is 11.8. The minimum atomic E-state index is 0.136. The molecule has 2 aliphatic rings. The van der Waals surface area contributed by atoms with Gasteiger partial charge in [-0.25, -0.2) is 0 Å². The van der Waals surface area contributed by atoms with Crippen molar-refractivity contribution >= 4 is 38.6 Å². The molecule has 0 aromatic rings. The monoisotopic (exact) mass is 364 g/mol. The fourth-order valence-corrected chi connectivity index (χ4v) is 6.34. The van der Waals surface area contributed by atoms with E-state index in [4.69, 9.17) is 4.74 Å². The van der Waals surface area contributed by atoms with Crippen LogP contribution in [0.25, 0.3) is 0 Å². The van der Waals surface area contributed by atoms with Crippen molar-refractivity contribution in [2.45, 2.75) is 25.7 Å².